The van der Waals surface area contributed by atoms with Crippen LogP contribution in [0.25, 0.3) is 11.0 Å². The summed E-state index contributed by atoms with van der Waals surface area (Å²) in [6.45, 7) is 5.23. The lowest BCUT2D eigenvalue weighted by atomic mass is 10.1. The monoisotopic (exact) mass is 274 g/mol. The highest BCUT2D eigenvalue weighted by Gasteiger charge is 2.15. The molecule has 1 aromatic carbocycles. The van der Waals surface area contributed by atoms with E-state index in [1.807, 2.05) is 18.2 Å². The van der Waals surface area contributed by atoms with E-state index in [0.29, 0.717) is 5.58 Å². The van der Waals surface area contributed by atoms with Gasteiger partial charge in [0.05, 0.1) is 0 Å². The van der Waals surface area contributed by atoms with Crippen molar-refractivity contribution in [1.82, 2.24) is 9.80 Å². The molecule has 0 amide bonds. The molecule has 0 unspecified atom stereocenters. The van der Waals surface area contributed by atoms with Gasteiger partial charge in [0.2, 0.25) is 5.76 Å². The standard InChI is InChI=1S/C15H18N2O3/c1-16-4-6-17(7-5-16)10-11-2-3-13-12(8-11)9-14(20-13)15(18)19/h2-3,8-9H,4-7,10H2,1H3,(H,18,19). The van der Waals surface area contributed by atoms with Crippen LogP contribution in [0.1, 0.15) is 16.1 Å². The Kier molecular flexibility index (Phi) is 3.46. The SMILES string of the molecule is CN1CCN(Cc2ccc3oc(C(=O)O)cc3c2)CC1. The summed E-state index contributed by atoms with van der Waals surface area (Å²) < 4.78 is 5.27. The second-order valence-electron chi connectivity index (χ2n) is 5.37. The quantitative estimate of drug-likeness (QED) is 0.926. The summed E-state index contributed by atoms with van der Waals surface area (Å²) in [5.74, 6) is -1.03. The third-order valence-electron chi connectivity index (χ3n) is 3.79. The number of carbonyl (C=O) groups is 1. The average Bonchev–Trinajstić information content (AvgIpc) is 2.85. The van der Waals surface area contributed by atoms with Crippen LogP contribution in [0, 0.1) is 0 Å². The number of rotatable bonds is 3. The highest BCUT2D eigenvalue weighted by Crippen LogP contribution is 2.21. The normalized spacial score (nSPS) is 17.6. The third kappa shape index (κ3) is 2.69. The van der Waals surface area contributed by atoms with Gasteiger partial charge < -0.3 is 14.4 Å². The number of hydrogen-bond acceptors (Lipinski definition) is 4. The largest absolute Gasteiger partial charge is 0.475 e. The van der Waals surface area contributed by atoms with Crippen molar-refractivity contribution >= 4 is 16.9 Å². The highest BCUT2D eigenvalue weighted by molar-refractivity contribution is 5.91. The van der Waals surface area contributed by atoms with Gasteiger partial charge in [0.1, 0.15) is 5.58 Å². The minimum Gasteiger partial charge on any atom is -0.475 e. The highest BCUT2D eigenvalue weighted by atomic mass is 16.4. The van der Waals surface area contributed by atoms with E-state index < -0.39 is 5.97 Å². The molecule has 5 heteroatoms. The summed E-state index contributed by atoms with van der Waals surface area (Å²) in [4.78, 5) is 15.6. The van der Waals surface area contributed by atoms with Crippen LogP contribution < -0.4 is 0 Å². The van der Waals surface area contributed by atoms with Gasteiger partial charge in [-0.1, -0.05) is 6.07 Å². The van der Waals surface area contributed by atoms with E-state index in [2.05, 4.69) is 16.8 Å². The smallest absolute Gasteiger partial charge is 0.371 e. The maximum Gasteiger partial charge on any atom is 0.371 e. The molecule has 2 aromatic rings. The van der Waals surface area contributed by atoms with Gasteiger partial charge in [0.15, 0.2) is 0 Å². The lowest BCUT2D eigenvalue weighted by molar-refractivity contribution is 0.0665. The molecule has 1 aliphatic heterocycles. The van der Waals surface area contributed by atoms with E-state index in [0.717, 1.165) is 38.1 Å². The van der Waals surface area contributed by atoms with Crippen LogP contribution in [-0.2, 0) is 6.54 Å². The van der Waals surface area contributed by atoms with Crippen molar-refractivity contribution in [2.24, 2.45) is 0 Å². The van der Waals surface area contributed by atoms with Crippen molar-refractivity contribution in [3.63, 3.8) is 0 Å². The van der Waals surface area contributed by atoms with Crippen molar-refractivity contribution in [3.05, 3.63) is 35.6 Å². The Morgan fingerprint density at radius 3 is 2.70 bits per heavy atom. The van der Waals surface area contributed by atoms with Crippen LogP contribution in [0.2, 0.25) is 0 Å². The van der Waals surface area contributed by atoms with E-state index >= 15 is 0 Å². The summed E-state index contributed by atoms with van der Waals surface area (Å²) in [7, 11) is 2.14. The number of hydrogen-bond donors (Lipinski definition) is 1. The van der Waals surface area contributed by atoms with Crippen LogP contribution in [0.3, 0.4) is 0 Å². The summed E-state index contributed by atoms with van der Waals surface area (Å²) >= 11 is 0. The number of carboxylic acids is 1. The number of aromatic carboxylic acids is 1. The van der Waals surface area contributed by atoms with E-state index in [1.165, 1.54) is 5.56 Å². The van der Waals surface area contributed by atoms with Crippen LogP contribution in [0.4, 0.5) is 0 Å². The summed E-state index contributed by atoms with van der Waals surface area (Å²) in [6.07, 6.45) is 0. The van der Waals surface area contributed by atoms with Crippen molar-refractivity contribution < 1.29 is 14.3 Å². The minimum atomic E-state index is -1.03. The number of benzene rings is 1. The van der Waals surface area contributed by atoms with Gasteiger partial charge in [-0.15, -0.1) is 0 Å². The molecule has 3 rings (SSSR count). The second kappa shape index (κ2) is 5.26. The lowest BCUT2D eigenvalue weighted by Gasteiger charge is -2.32. The molecule has 5 nitrogen and oxygen atoms in total. The van der Waals surface area contributed by atoms with E-state index in [-0.39, 0.29) is 5.76 Å². The first-order valence-corrected chi connectivity index (χ1v) is 6.78. The molecule has 2 heterocycles. The Bertz CT molecular complexity index is 627. The van der Waals surface area contributed by atoms with Gasteiger partial charge in [0.25, 0.3) is 0 Å². The molecule has 1 saturated heterocycles. The van der Waals surface area contributed by atoms with E-state index in [9.17, 15) is 4.79 Å². The molecule has 0 aliphatic carbocycles. The maximum absolute atomic E-state index is 10.9. The van der Waals surface area contributed by atoms with Gasteiger partial charge in [0, 0.05) is 38.1 Å². The van der Waals surface area contributed by atoms with Crippen molar-refractivity contribution in [2.45, 2.75) is 6.54 Å². The molecule has 1 aromatic heterocycles. The van der Waals surface area contributed by atoms with Crippen molar-refractivity contribution in [3.8, 4) is 0 Å². The zero-order valence-corrected chi connectivity index (χ0v) is 11.5. The molecule has 0 atom stereocenters. The molecule has 1 aliphatic rings. The number of fused-ring (bicyclic) bond motifs is 1. The molecule has 1 N–H and O–H groups in total. The second-order valence-corrected chi connectivity index (χ2v) is 5.37. The van der Waals surface area contributed by atoms with Gasteiger partial charge in [-0.25, -0.2) is 4.79 Å². The Balaban J connectivity index is 1.77. The zero-order chi connectivity index (χ0) is 14.1. The van der Waals surface area contributed by atoms with Crippen molar-refractivity contribution in [1.29, 1.82) is 0 Å². The maximum atomic E-state index is 10.9. The van der Waals surface area contributed by atoms with Crippen LogP contribution in [0.5, 0.6) is 0 Å². The Morgan fingerprint density at radius 2 is 2.00 bits per heavy atom. The topological polar surface area (TPSA) is 56.9 Å². The van der Waals surface area contributed by atoms with Crippen LogP contribution in [0.15, 0.2) is 28.7 Å². The fraction of sp³-hybridized carbons (Fsp3) is 0.400. The molecule has 0 saturated carbocycles. The van der Waals surface area contributed by atoms with Crippen LogP contribution in [-0.4, -0.2) is 54.1 Å². The first-order chi connectivity index (χ1) is 9.61. The molecule has 20 heavy (non-hydrogen) atoms. The fourth-order valence-electron chi connectivity index (χ4n) is 2.56. The van der Waals surface area contributed by atoms with E-state index in [1.54, 1.807) is 6.07 Å². The molecule has 0 radical (unpaired) electrons. The van der Waals surface area contributed by atoms with Crippen molar-refractivity contribution in [2.75, 3.05) is 33.2 Å². The molecular formula is C15H18N2O3. The third-order valence-corrected chi connectivity index (χ3v) is 3.79. The van der Waals surface area contributed by atoms with Gasteiger partial charge in [-0.05, 0) is 30.8 Å². The molecule has 1 fully saturated rings. The lowest BCUT2D eigenvalue weighted by Crippen LogP contribution is -2.43. The predicted molar refractivity (Wildman–Crippen MR) is 75.9 cm³/mol. The number of piperazine rings is 1. The van der Waals surface area contributed by atoms with Crippen LogP contribution >= 0.6 is 0 Å². The Hall–Kier alpha value is -1.85. The van der Waals surface area contributed by atoms with Gasteiger partial charge >= 0.3 is 5.97 Å². The number of nitrogens with zero attached hydrogens (tertiary/aromatic N) is 2. The first kappa shape index (κ1) is 13.1. The first-order valence-electron chi connectivity index (χ1n) is 6.78. The predicted octanol–water partition coefficient (Wildman–Crippen LogP) is 1.88. The number of carboxylic acid groups (broad SMARTS) is 1. The zero-order valence-electron chi connectivity index (χ0n) is 11.5. The minimum absolute atomic E-state index is 0.00301. The summed E-state index contributed by atoms with van der Waals surface area (Å²) in [5, 5.41) is 9.79. The Morgan fingerprint density at radius 1 is 1.25 bits per heavy atom. The molecule has 106 valence electrons. The molecule has 0 bridgehead atoms. The Labute approximate surface area is 117 Å². The van der Waals surface area contributed by atoms with Gasteiger partial charge in [-0.2, -0.15) is 0 Å². The molecule has 0 spiro atoms. The molecular weight excluding hydrogens is 256 g/mol. The average molecular weight is 274 g/mol. The number of furan rings is 1. The van der Waals surface area contributed by atoms with Gasteiger partial charge in [-0.3, -0.25) is 4.90 Å². The van der Waals surface area contributed by atoms with E-state index in [4.69, 9.17) is 9.52 Å². The summed E-state index contributed by atoms with van der Waals surface area (Å²) in [5.41, 5.74) is 1.82. The number of likely N-dealkylation sites (N-methyl/N-ethyl adjacent to an activating group) is 1. The fourth-order valence-corrected chi connectivity index (χ4v) is 2.56. The summed E-state index contributed by atoms with van der Waals surface area (Å²) in [6, 6.07) is 7.47.